The molecule has 0 aromatic heterocycles. The number of carbonyl (C=O) groups is 1. The minimum atomic E-state index is -0.388. The second kappa shape index (κ2) is 3.40. The van der Waals surface area contributed by atoms with Crippen LogP contribution in [0.1, 0.15) is 32.1 Å². The first-order chi connectivity index (χ1) is 6.27. The maximum absolute atomic E-state index is 11.0. The van der Waals surface area contributed by atoms with Gasteiger partial charge in [0.1, 0.15) is 11.9 Å². The van der Waals surface area contributed by atoms with Gasteiger partial charge in [0.15, 0.2) is 0 Å². The number of rotatable bonds is 0. The molecule has 2 unspecified atom stereocenters. The van der Waals surface area contributed by atoms with Crippen LogP contribution in [0, 0.1) is 5.92 Å². The van der Waals surface area contributed by atoms with Gasteiger partial charge >= 0.3 is 5.97 Å². The molecule has 72 valence electrons. The normalized spacial score (nSPS) is 34.2. The topological polar surface area (TPSA) is 46.5 Å². The molecule has 0 aromatic rings. The predicted molar refractivity (Wildman–Crippen MR) is 47.2 cm³/mol. The van der Waals surface area contributed by atoms with E-state index in [4.69, 9.17) is 4.74 Å². The fraction of sp³-hybridized carbons (Fsp3) is 0.700. The molecule has 2 atom stereocenters. The lowest BCUT2D eigenvalue weighted by Crippen LogP contribution is -2.31. The van der Waals surface area contributed by atoms with Gasteiger partial charge in [-0.25, -0.2) is 4.79 Å². The highest BCUT2D eigenvalue weighted by atomic mass is 16.5. The molecule has 1 fully saturated rings. The Morgan fingerprint density at radius 2 is 2.08 bits per heavy atom. The van der Waals surface area contributed by atoms with E-state index in [0.717, 1.165) is 25.7 Å². The van der Waals surface area contributed by atoms with Crippen LogP contribution >= 0.6 is 0 Å². The van der Waals surface area contributed by atoms with Crippen LogP contribution in [-0.4, -0.2) is 17.2 Å². The third-order valence-corrected chi connectivity index (χ3v) is 2.87. The van der Waals surface area contributed by atoms with Crippen LogP contribution in [-0.2, 0) is 9.53 Å². The first kappa shape index (κ1) is 8.60. The molecule has 1 aliphatic carbocycles. The van der Waals surface area contributed by atoms with Gasteiger partial charge in [-0.05, 0) is 19.3 Å². The number of aliphatic hydroxyl groups excluding tert-OH is 1. The van der Waals surface area contributed by atoms with Gasteiger partial charge in [0.25, 0.3) is 0 Å². The molecule has 0 saturated heterocycles. The summed E-state index contributed by atoms with van der Waals surface area (Å²) in [6, 6.07) is 0. The maximum atomic E-state index is 11.0. The predicted octanol–water partition coefficient (Wildman–Crippen LogP) is 1.93. The number of hydrogen-bond acceptors (Lipinski definition) is 3. The highest BCUT2D eigenvalue weighted by Gasteiger charge is 2.33. The molecular weight excluding hydrogens is 168 g/mol. The van der Waals surface area contributed by atoms with E-state index in [1.54, 1.807) is 0 Å². The van der Waals surface area contributed by atoms with Crippen LogP contribution in [0.4, 0.5) is 0 Å². The Morgan fingerprint density at radius 1 is 1.31 bits per heavy atom. The molecule has 2 aliphatic rings. The quantitative estimate of drug-likeness (QED) is 0.582. The summed E-state index contributed by atoms with van der Waals surface area (Å²) in [5, 5.41) is 9.56. The van der Waals surface area contributed by atoms with E-state index in [-0.39, 0.29) is 23.8 Å². The molecule has 0 radical (unpaired) electrons. The highest BCUT2D eigenvalue weighted by Crippen LogP contribution is 2.32. The van der Waals surface area contributed by atoms with E-state index in [9.17, 15) is 9.90 Å². The van der Waals surface area contributed by atoms with Crippen LogP contribution in [0.2, 0.25) is 0 Å². The SMILES string of the molecule is O=C1C=C(O)C2CCCCCC2O1. The molecular formula is C10H14O3. The average molecular weight is 182 g/mol. The Bertz CT molecular complexity index is 245. The van der Waals surface area contributed by atoms with Gasteiger partial charge in [0.2, 0.25) is 0 Å². The lowest BCUT2D eigenvalue weighted by atomic mass is 9.93. The van der Waals surface area contributed by atoms with Crippen LogP contribution in [0.15, 0.2) is 11.8 Å². The smallest absolute Gasteiger partial charge is 0.334 e. The summed E-state index contributed by atoms with van der Waals surface area (Å²) >= 11 is 0. The molecule has 13 heavy (non-hydrogen) atoms. The van der Waals surface area contributed by atoms with Gasteiger partial charge in [-0.3, -0.25) is 0 Å². The fourth-order valence-corrected chi connectivity index (χ4v) is 2.16. The summed E-state index contributed by atoms with van der Waals surface area (Å²) in [7, 11) is 0. The molecule has 1 saturated carbocycles. The number of carbonyl (C=O) groups excluding carboxylic acids is 1. The van der Waals surface area contributed by atoms with Crippen molar-refractivity contribution in [2.45, 2.75) is 38.2 Å². The van der Waals surface area contributed by atoms with Crippen molar-refractivity contribution in [3.05, 3.63) is 11.8 Å². The third-order valence-electron chi connectivity index (χ3n) is 2.87. The molecule has 1 N–H and O–H groups in total. The number of ether oxygens (including phenoxy) is 1. The van der Waals surface area contributed by atoms with Crippen molar-refractivity contribution >= 4 is 5.97 Å². The molecule has 1 heterocycles. The van der Waals surface area contributed by atoms with E-state index < -0.39 is 0 Å². The van der Waals surface area contributed by atoms with E-state index in [2.05, 4.69) is 0 Å². The first-order valence-electron chi connectivity index (χ1n) is 4.88. The van der Waals surface area contributed by atoms with Crippen molar-refractivity contribution in [3.8, 4) is 0 Å². The lowest BCUT2D eigenvalue weighted by molar-refractivity contribution is -0.148. The first-order valence-corrected chi connectivity index (χ1v) is 4.88. The maximum Gasteiger partial charge on any atom is 0.334 e. The minimum absolute atomic E-state index is 0.0694. The van der Waals surface area contributed by atoms with Crippen molar-refractivity contribution in [2.24, 2.45) is 5.92 Å². The molecule has 0 aromatic carbocycles. The lowest BCUT2D eigenvalue weighted by Gasteiger charge is -2.27. The molecule has 0 bridgehead atoms. The van der Waals surface area contributed by atoms with Gasteiger partial charge in [-0.1, -0.05) is 12.8 Å². The fourth-order valence-electron chi connectivity index (χ4n) is 2.16. The molecule has 0 spiro atoms. The Kier molecular flexibility index (Phi) is 2.25. The Balaban J connectivity index is 2.18. The second-order valence-corrected chi connectivity index (χ2v) is 3.79. The van der Waals surface area contributed by atoms with Gasteiger partial charge in [0.05, 0.1) is 12.0 Å². The van der Waals surface area contributed by atoms with Crippen LogP contribution in [0.25, 0.3) is 0 Å². The largest absolute Gasteiger partial charge is 0.512 e. The summed E-state index contributed by atoms with van der Waals surface area (Å²) in [5.41, 5.74) is 0. The van der Waals surface area contributed by atoms with Crippen molar-refractivity contribution in [1.82, 2.24) is 0 Å². The minimum Gasteiger partial charge on any atom is -0.512 e. The molecule has 3 heteroatoms. The van der Waals surface area contributed by atoms with E-state index in [1.165, 1.54) is 12.5 Å². The van der Waals surface area contributed by atoms with E-state index in [0.29, 0.717) is 0 Å². The molecule has 3 nitrogen and oxygen atoms in total. The Labute approximate surface area is 77.4 Å². The summed E-state index contributed by atoms with van der Waals surface area (Å²) in [6.45, 7) is 0. The standard InChI is InChI=1S/C10H14O3/c11-8-6-10(12)13-9-5-3-1-2-4-7(8)9/h6-7,9,11H,1-5H2. The van der Waals surface area contributed by atoms with Crippen molar-refractivity contribution in [2.75, 3.05) is 0 Å². The van der Waals surface area contributed by atoms with Crippen LogP contribution < -0.4 is 0 Å². The van der Waals surface area contributed by atoms with Crippen molar-refractivity contribution < 1.29 is 14.6 Å². The highest BCUT2D eigenvalue weighted by molar-refractivity contribution is 5.83. The van der Waals surface area contributed by atoms with Gasteiger partial charge < -0.3 is 9.84 Å². The molecule has 0 amide bonds. The summed E-state index contributed by atoms with van der Waals surface area (Å²) < 4.78 is 5.17. The van der Waals surface area contributed by atoms with E-state index in [1.807, 2.05) is 0 Å². The monoisotopic (exact) mass is 182 g/mol. The molecule has 1 aliphatic heterocycles. The number of fused-ring (bicyclic) bond motifs is 1. The van der Waals surface area contributed by atoms with E-state index >= 15 is 0 Å². The van der Waals surface area contributed by atoms with Gasteiger partial charge in [0, 0.05) is 0 Å². The number of hydrogen-bond donors (Lipinski definition) is 1. The van der Waals surface area contributed by atoms with Crippen molar-refractivity contribution in [1.29, 1.82) is 0 Å². The average Bonchev–Trinajstić information content (AvgIpc) is 2.28. The zero-order valence-electron chi connectivity index (χ0n) is 7.53. The Morgan fingerprint density at radius 3 is 2.92 bits per heavy atom. The number of aliphatic hydroxyl groups is 1. The zero-order valence-corrected chi connectivity index (χ0v) is 7.53. The number of esters is 1. The Hall–Kier alpha value is -0.990. The molecule has 2 rings (SSSR count). The zero-order chi connectivity index (χ0) is 9.26. The summed E-state index contributed by atoms with van der Waals surface area (Å²) in [4.78, 5) is 11.0. The summed E-state index contributed by atoms with van der Waals surface area (Å²) in [5.74, 6) is -0.0935. The summed E-state index contributed by atoms with van der Waals surface area (Å²) in [6.07, 6.45) is 6.39. The van der Waals surface area contributed by atoms with Crippen LogP contribution in [0.3, 0.4) is 0 Å². The van der Waals surface area contributed by atoms with Gasteiger partial charge in [-0.2, -0.15) is 0 Å². The van der Waals surface area contributed by atoms with Crippen molar-refractivity contribution in [3.63, 3.8) is 0 Å². The second-order valence-electron chi connectivity index (χ2n) is 3.79. The van der Waals surface area contributed by atoms with Gasteiger partial charge in [-0.15, -0.1) is 0 Å². The van der Waals surface area contributed by atoms with Crippen LogP contribution in [0.5, 0.6) is 0 Å². The third kappa shape index (κ3) is 1.69.